The Bertz CT molecular complexity index is 206. The van der Waals surface area contributed by atoms with Gasteiger partial charge in [0, 0.05) is 0 Å². The van der Waals surface area contributed by atoms with E-state index in [9.17, 15) is 10.2 Å². The van der Waals surface area contributed by atoms with Gasteiger partial charge in [-0.2, -0.15) is 0 Å². The minimum Gasteiger partial charge on any atom is -0.385 e. The molecule has 0 aromatic carbocycles. The van der Waals surface area contributed by atoms with Crippen molar-refractivity contribution in [3.8, 4) is 0 Å². The summed E-state index contributed by atoms with van der Waals surface area (Å²) in [7, 11) is 0. The van der Waals surface area contributed by atoms with E-state index in [0.717, 1.165) is 18.4 Å². The molecule has 0 aromatic heterocycles. The predicted octanol–water partition coefficient (Wildman–Crippen LogP) is 1.78. The lowest BCUT2D eigenvalue weighted by Crippen LogP contribution is -2.15. The van der Waals surface area contributed by atoms with Gasteiger partial charge >= 0.3 is 0 Å². The molecular formula is C11H18O2. The highest BCUT2D eigenvalue weighted by molar-refractivity contribution is 5.24. The summed E-state index contributed by atoms with van der Waals surface area (Å²) in [6.45, 7) is 2.15. The number of aliphatic hydroxyl groups is 2. The zero-order valence-corrected chi connectivity index (χ0v) is 8.11. The Morgan fingerprint density at radius 2 is 2.00 bits per heavy atom. The first-order chi connectivity index (χ1) is 6.24. The third-order valence-corrected chi connectivity index (χ3v) is 2.32. The van der Waals surface area contributed by atoms with E-state index in [2.05, 4.69) is 6.92 Å². The zero-order valence-electron chi connectivity index (χ0n) is 8.11. The van der Waals surface area contributed by atoms with Crippen LogP contribution >= 0.6 is 0 Å². The number of unbranched alkanes of at least 4 members (excludes halogenated alkanes) is 2. The van der Waals surface area contributed by atoms with Crippen LogP contribution in [0.25, 0.3) is 0 Å². The average molecular weight is 182 g/mol. The molecule has 2 heteroatoms. The molecule has 2 atom stereocenters. The van der Waals surface area contributed by atoms with E-state index in [-0.39, 0.29) is 0 Å². The molecule has 0 saturated heterocycles. The van der Waals surface area contributed by atoms with E-state index in [1.54, 1.807) is 18.2 Å². The van der Waals surface area contributed by atoms with Crippen LogP contribution in [0.4, 0.5) is 0 Å². The van der Waals surface area contributed by atoms with Crippen molar-refractivity contribution in [1.82, 2.24) is 0 Å². The molecule has 0 spiro atoms. The Balaban J connectivity index is 2.38. The fourth-order valence-corrected chi connectivity index (χ4v) is 1.53. The summed E-state index contributed by atoms with van der Waals surface area (Å²) in [6, 6.07) is 0. The summed E-state index contributed by atoms with van der Waals surface area (Å²) in [6.07, 6.45) is 8.42. The van der Waals surface area contributed by atoms with Crippen LogP contribution in [0.2, 0.25) is 0 Å². The zero-order chi connectivity index (χ0) is 9.68. The molecule has 0 bridgehead atoms. The monoisotopic (exact) mass is 182 g/mol. The minimum absolute atomic E-state index is 0.472. The maximum absolute atomic E-state index is 9.52. The molecule has 1 aliphatic rings. The van der Waals surface area contributed by atoms with Crippen molar-refractivity contribution in [3.05, 3.63) is 23.8 Å². The van der Waals surface area contributed by atoms with Gasteiger partial charge in [-0.05, 0) is 18.4 Å². The molecule has 2 unspecified atom stereocenters. The van der Waals surface area contributed by atoms with Crippen LogP contribution in [0, 0.1) is 0 Å². The van der Waals surface area contributed by atoms with E-state index >= 15 is 0 Å². The number of hydrogen-bond acceptors (Lipinski definition) is 2. The number of rotatable bonds is 4. The minimum atomic E-state index is -0.500. The van der Waals surface area contributed by atoms with Crippen LogP contribution in [-0.4, -0.2) is 22.4 Å². The van der Waals surface area contributed by atoms with Gasteiger partial charge in [0.25, 0.3) is 0 Å². The van der Waals surface area contributed by atoms with Crippen molar-refractivity contribution in [2.24, 2.45) is 0 Å². The van der Waals surface area contributed by atoms with E-state index in [1.807, 2.05) is 0 Å². The molecule has 0 heterocycles. The molecule has 2 nitrogen and oxygen atoms in total. The molecule has 1 aliphatic carbocycles. The molecule has 0 saturated carbocycles. The smallest absolute Gasteiger partial charge is 0.0933 e. The van der Waals surface area contributed by atoms with Crippen LogP contribution in [0.1, 0.15) is 32.6 Å². The first-order valence-electron chi connectivity index (χ1n) is 4.99. The maximum Gasteiger partial charge on any atom is 0.0933 e. The highest BCUT2D eigenvalue weighted by Crippen LogP contribution is 2.18. The molecule has 0 aromatic rings. The van der Waals surface area contributed by atoms with Crippen LogP contribution in [0.3, 0.4) is 0 Å². The van der Waals surface area contributed by atoms with Gasteiger partial charge in [-0.3, -0.25) is 0 Å². The van der Waals surface area contributed by atoms with Crippen LogP contribution in [-0.2, 0) is 0 Å². The van der Waals surface area contributed by atoms with Gasteiger partial charge in [-0.1, -0.05) is 38.0 Å². The Morgan fingerprint density at radius 3 is 2.69 bits per heavy atom. The molecule has 0 radical (unpaired) electrons. The van der Waals surface area contributed by atoms with E-state index in [4.69, 9.17) is 0 Å². The normalized spacial score (nSPS) is 27.5. The lowest BCUT2D eigenvalue weighted by molar-refractivity contribution is 0.226. The molecule has 74 valence electrons. The lowest BCUT2D eigenvalue weighted by atomic mass is 9.96. The molecule has 13 heavy (non-hydrogen) atoms. The molecule has 1 rings (SSSR count). The van der Waals surface area contributed by atoms with Gasteiger partial charge in [0.15, 0.2) is 0 Å². The Labute approximate surface area is 79.6 Å². The summed E-state index contributed by atoms with van der Waals surface area (Å²) in [5.74, 6) is 0. The fourth-order valence-electron chi connectivity index (χ4n) is 1.53. The van der Waals surface area contributed by atoms with Gasteiger partial charge in [0.05, 0.1) is 12.2 Å². The number of aliphatic hydroxyl groups excluding tert-OH is 2. The van der Waals surface area contributed by atoms with Crippen molar-refractivity contribution >= 4 is 0 Å². The molecule has 2 N–H and O–H groups in total. The van der Waals surface area contributed by atoms with Gasteiger partial charge in [0.2, 0.25) is 0 Å². The van der Waals surface area contributed by atoms with Crippen molar-refractivity contribution in [2.75, 3.05) is 0 Å². The second-order valence-corrected chi connectivity index (χ2v) is 3.52. The van der Waals surface area contributed by atoms with Gasteiger partial charge < -0.3 is 10.2 Å². The van der Waals surface area contributed by atoms with E-state index in [1.165, 1.54) is 12.8 Å². The third kappa shape index (κ3) is 3.33. The van der Waals surface area contributed by atoms with E-state index in [0.29, 0.717) is 0 Å². The van der Waals surface area contributed by atoms with Gasteiger partial charge in [0.1, 0.15) is 0 Å². The first kappa shape index (κ1) is 10.5. The largest absolute Gasteiger partial charge is 0.385 e. The molecule has 0 amide bonds. The van der Waals surface area contributed by atoms with Crippen molar-refractivity contribution in [1.29, 1.82) is 0 Å². The fraction of sp³-hybridized carbons (Fsp3) is 0.636. The average Bonchev–Trinajstić information content (AvgIpc) is 2.11. The van der Waals surface area contributed by atoms with Crippen LogP contribution < -0.4 is 0 Å². The molecular weight excluding hydrogens is 164 g/mol. The highest BCUT2D eigenvalue weighted by Gasteiger charge is 2.13. The quantitative estimate of drug-likeness (QED) is 0.514. The topological polar surface area (TPSA) is 40.5 Å². The lowest BCUT2D eigenvalue weighted by Gasteiger charge is -2.17. The van der Waals surface area contributed by atoms with Crippen LogP contribution in [0.15, 0.2) is 23.8 Å². The Kier molecular flexibility index (Phi) is 4.19. The van der Waals surface area contributed by atoms with E-state index < -0.39 is 12.2 Å². The van der Waals surface area contributed by atoms with Crippen molar-refractivity contribution in [3.63, 3.8) is 0 Å². The third-order valence-electron chi connectivity index (χ3n) is 2.32. The van der Waals surface area contributed by atoms with Crippen molar-refractivity contribution in [2.45, 2.75) is 44.8 Å². The maximum atomic E-state index is 9.52. The highest BCUT2D eigenvalue weighted by atomic mass is 16.3. The van der Waals surface area contributed by atoms with Crippen molar-refractivity contribution < 1.29 is 10.2 Å². The summed E-state index contributed by atoms with van der Waals surface area (Å²) >= 11 is 0. The predicted molar refractivity (Wildman–Crippen MR) is 53.4 cm³/mol. The summed E-state index contributed by atoms with van der Waals surface area (Å²) in [5.41, 5.74) is 0.962. The first-order valence-corrected chi connectivity index (χ1v) is 4.99. The van der Waals surface area contributed by atoms with Gasteiger partial charge in [-0.15, -0.1) is 0 Å². The van der Waals surface area contributed by atoms with Gasteiger partial charge in [-0.25, -0.2) is 0 Å². The standard InChI is InChI=1S/C11H18O2/c1-2-3-4-5-9-8-10(12)6-7-11(9)13/h6-8,10-13H,2-5H2,1H3. The number of hydrogen-bond donors (Lipinski definition) is 2. The Hall–Kier alpha value is -0.600. The molecule has 0 aliphatic heterocycles. The summed E-state index contributed by atoms with van der Waals surface area (Å²) < 4.78 is 0. The van der Waals surface area contributed by atoms with Crippen LogP contribution in [0.5, 0.6) is 0 Å². The second kappa shape index (κ2) is 5.20. The summed E-state index contributed by atoms with van der Waals surface area (Å²) in [4.78, 5) is 0. The second-order valence-electron chi connectivity index (χ2n) is 3.52. The summed E-state index contributed by atoms with van der Waals surface area (Å²) in [5, 5.41) is 18.8. The Morgan fingerprint density at radius 1 is 1.23 bits per heavy atom. The SMILES string of the molecule is CCCCCC1=CC(O)C=CC1O. The molecule has 0 fully saturated rings.